The van der Waals surface area contributed by atoms with Gasteiger partial charge in [0, 0.05) is 32.8 Å². The number of anilines is 1. The lowest BCUT2D eigenvalue weighted by Gasteiger charge is -2.45. The van der Waals surface area contributed by atoms with Gasteiger partial charge >= 0.3 is 0 Å². The molecule has 0 aliphatic carbocycles. The number of hydrogen-bond acceptors (Lipinski definition) is 17. The molecule has 3 fully saturated rings. The van der Waals surface area contributed by atoms with E-state index in [1.54, 1.807) is 25.3 Å². The molecule has 3 aliphatic rings. The molecule has 3 saturated heterocycles. The molecule has 2 unspecified atom stereocenters. The fraction of sp³-hybridized carbons (Fsp3) is 0.629. The summed E-state index contributed by atoms with van der Waals surface area (Å²) in [7, 11) is 3.13. The van der Waals surface area contributed by atoms with Crippen LogP contribution in [0.3, 0.4) is 0 Å². The third-order valence-corrected chi connectivity index (χ3v) is 9.83. The maximum absolute atomic E-state index is 12.9. The molecule has 3 heterocycles. The fourth-order valence-electron chi connectivity index (χ4n) is 6.33. The fourth-order valence-corrected chi connectivity index (χ4v) is 6.49. The van der Waals surface area contributed by atoms with E-state index in [1.165, 1.54) is 25.3 Å². The van der Waals surface area contributed by atoms with E-state index in [-0.39, 0.29) is 23.9 Å². The number of benzene rings is 2. The minimum Gasteiger partial charge on any atom is -0.496 e. The predicted octanol–water partition coefficient (Wildman–Crippen LogP) is -2.04. The number of rotatable bonds is 13. The Morgan fingerprint density at radius 1 is 0.964 bits per heavy atom. The lowest BCUT2D eigenvalue weighted by molar-refractivity contribution is -0.355. The monoisotopic (exact) mass is 807 g/mol. The zero-order chi connectivity index (χ0) is 40.4. The number of ether oxygens (including phenoxy) is 6. The molecule has 1 amide bonds. The largest absolute Gasteiger partial charge is 0.496 e. The molecular weight excluding hydrogens is 757 g/mol. The van der Waals surface area contributed by atoms with E-state index in [0.29, 0.717) is 40.9 Å². The van der Waals surface area contributed by atoms with E-state index in [1.807, 2.05) is 0 Å². The maximum Gasteiger partial charge on any atom is 0.255 e. The molecular formula is C35H51ClFN3O15. The highest BCUT2D eigenvalue weighted by molar-refractivity contribution is 6.33. The number of nitrogens with two attached hydrogens (primary N) is 1. The number of aliphatic hydroxyl groups excluding tert-OH is 8. The molecule has 20 heteroatoms. The first-order valence-electron chi connectivity index (χ1n) is 17.6. The van der Waals surface area contributed by atoms with Crippen LogP contribution in [-0.4, -0.2) is 179 Å². The van der Waals surface area contributed by atoms with Crippen LogP contribution >= 0.6 is 11.6 Å². The summed E-state index contributed by atoms with van der Waals surface area (Å²) >= 11 is 6.09. The average molecular weight is 808 g/mol. The van der Waals surface area contributed by atoms with Crippen molar-refractivity contribution in [3.63, 3.8) is 0 Å². The molecule has 0 spiro atoms. The van der Waals surface area contributed by atoms with Crippen molar-refractivity contribution in [3.8, 4) is 11.5 Å². The molecule has 3 aliphatic heterocycles. The Morgan fingerprint density at radius 2 is 1.65 bits per heavy atom. The first-order chi connectivity index (χ1) is 26.2. The Kier molecular flexibility index (Phi) is 17.0. The topological polar surface area (TPSA) is 276 Å². The molecule has 12 atom stereocenters. The van der Waals surface area contributed by atoms with Gasteiger partial charge in [-0.25, -0.2) is 4.39 Å². The second kappa shape index (κ2) is 21.0. The second-order valence-corrected chi connectivity index (χ2v) is 13.6. The Labute approximate surface area is 321 Å². The molecule has 2 aromatic carbocycles. The smallest absolute Gasteiger partial charge is 0.255 e. The maximum atomic E-state index is 12.9. The number of hydrogen-bond donors (Lipinski definition) is 10. The van der Waals surface area contributed by atoms with Crippen LogP contribution in [0, 0.1) is 5.82 Å². The number of nitrogen functional groups attached to an aromatic ring is 1. The van der Waals surface area contributed by atoms with Gasteiger partial charge in [-0.3, -0.25) is 4.79 Å². The summed E-state index contributed by atoms with van der Waals surface area (Å²) < 4.78 is 44.8. The molecule has 55 heavy (non-hydrogen) atoms. The van der Waals surface area contributed by atoms with Gasteiger partial charge in [-0.05, 0) is 43.2 Å². The first-order valence-corrected chi connectivity index (χ1v) is 17.9. The number of carbonyl (C=O) groups is 1. The molecule has 0 bridgehead atoms. The number of likely N-dealkylation sites (tertiary alicyclic amines) is 1. The van der Waals surface area contributed by atoms with Crippen LogP contribution in [0.5, 0.6) is 11.5 Å². The number of nitrogens with zero attached hydrogens (tertiary/aromatic N) is 1. The number of methoxy groups -OCH3 is 2. The zero-order valence-corrected chi connectivity index (χ0v) is 31.0. The Hall–Kier alpha value is -2.99. The van der Waals surface area contributed by atoms with E-state index >= 15 is 0 Å². The summed E-state index contributed by atoms with van der Waals surface area (Å²) in [6.45, 7) is 1.54. The Bertz CT molecular complexity index is 1500. The quantitative estimate of drug-likeness (QED) is 0.0771. The van der Waals surface area contributed by atoms with Crippen molar-refractivity contribution < 1.29 is 78.5 Å². The van der Waals surface area contributed by atoms with Crippen molar-refractivity contribution in [1.82, 2.24) is 10.2 Å². The van der Waals surface area contributed by atoms with E-state index in [4.69, 9.17) is 50.9 Å². The van der Waals surface area contributed by atoms with Crippen LogP contribution in [0.4, 0.5) is 10.1 Å². The van der Waals surface area contributed by atoms with Crippen LogP contribution in [0.25, 0.3) is 0 Å². The highest BCUT2D eigenvalue weighted by Crippen LogP contribution is 2.30. The van der Waals surface area contributed by atoms with Crippen LogP contribution in [0.2, 0.25) is 5.02 Å². The van der Waals surface area contributed by atoms with Gasteiger partial charge in [0.15, 0.2) is 12.6 Å². The van der Waals surface area contributed by atoms with Crippen molar-refractivity contribution >= 4 is 23.2 Å². The van der Waals surface area contributed by atoms with Crippen LogP contribution < -0.4 is 20.5 Å². The van der Waals surface area contributed by atoms with Gasteiger partial charge in [0.25, 0.3) is 5.91 Å². The summed E-state index contributed by atoms with van der Waals surface area (Å²) in [5.74, 6) is 0.463. The summed E-state index contributed by atoms with van der Waals surface area (Å²) in [6, 6.07) is 8.92. The number of carbonyl (C=O) groups excluding carboxylic acids is 1. The molecule has 310 valence electrons. The van der Waals surface area contributed by atoms with Crippen molar-refractivity contribution in [1.29, 1.82) is 0 Å². The Balaban J connectivity index is 0.000000258. The molecule has 0 radical (unpaired) electrons. The third kappa shape index (κ3) is 11.5. The number of aliphatic hydroxyl groups is 8. The van der Waals surface area contributed by atoms with Gasteiger partial charge in [0.2, 0.25) is 0 Å². The SMILES string of the molecule is COc1cc(N)c(Cl)cc1C(=O)NC1CCN(CCCOc2ccc(F)cc2)CC1OC.OC[C@H]1O[C@@H](O[C@H]2[C@H](O)[C@@H](O)[C@H](O)O[C@@H]2CO)[C@H](O)[C@@H](O)[C@H]1O. The molecule has 0 aromatic heterocycles. The van der Waals surface area contributed by atoms with Gasteiger partial charge < -0.3 is 85.2 Å². The number of nitrogens with one attached hydrogen (secondary N) is 1. The highest BCUT2D eigenvalue weighted by Gasteiger charge is 2.50. The van der Waals surface area contributed by atoms with Crippen LogP contribution in [-0.2, 0) is 18.9 Å². The highest BCUT2D eigenvalue weighted by atomic mass is 35.5. The van der Waals surface area contributed by atoms with Gasteiger partial charge in [0.05, 0.1) is 55.3 Å². The second-order valence-electron chi connectivity index (χ2n) is 13.2. The van der Waals surface area contributed by atoms with E-state index < -0.39 is 74.6 Å². The number of amides is 1. The molecule has 11 N–H and O–H groups in total. The lowest BCUT2D eigenvalue weighted by atomic mass is 9.97. The molecule has 18 nitrogen and oxygen atoms in total. The third-order valence-electron chi connectivity index (χ3n) is 9.51. The minimum atomic E-state index is -1.74. The molecule has 2 aromatic rings. The van der Waals surface area contributed by atoms with Gasteiger partial charge in [-0.1, -0.05) is 11.6 Å². The standard InChI is InChI=1S/C23H29ClFN3O4.C12H22O11/c1-30-21-13-19(26)18(24)12-17(21)23(29)27-20-8-10-28(14-22(20)31-2)9-3-11-32-16-6-4-15(25)5-7-16;13-1-3-5(15)6(16)9(19)12(22-3)23-10-4(2-14)21-11(20)8(18)7(10)17/h4-7,12-13,20,22H,3,8-11,14,26H2,1-2H3,(H,27,29);3-20H,1-2H2/t;3-,4-,5+,6+,7-,8-,9-,10-,11-,12+/m.1/s1. The van der Waals surface area contributed by atoms with Crippen molar-refractivity contribution in [2.45, 2.75) is 86.4 Å². The van der Waals surface area contributed by atoms with E-state index in [2.05, 4.69) is 10.2 Å². The zero-order valence-electron chi connectivity index (χ0n) is 30.3. The average Bonchev–Trinajstić information content (AvgIpc) is 3.18. The van der Waals surface area contributed by atoms with Gasteiger partial charge in [-0.2, -0.15) is 0 Å². The lowest BCUT2D eigenvalue weighted by Crippen LogP contribution is -2.64. The van der Waals surface area contributed by atoms with E-state index in [0.717, 1.165) is 25.9 Å². The normalized spacial score (nSPS) is 32.6. The van der Waals surface area contributed by atoms with Crippen LogP contribution in [0.1, 0.15) is 23.2 Å². The predicted molar refractivity (Wildman–Crippen MR) is 191 cm³/mol. The summed E-state index contributed by atoms with van der Waals surface area (Å²) in [5, 5.41) is 79.8. The summed E-state index contributed by atoms with van der Waals surface area (Å²) in [6.07, 6.45) is -14.2. The Morgan fingerprint density at radius 3 is 2.29 bits per heavy atom. The first kappa shape index (κ1) is 44.7. The molecule has 5 rings (SSSR count). The van der Waals surface area contributed by atoms with Crippen molar-refractivity contribution in [3.05, 3.63) is 52.8 Å². The van der Waals surface area contributed by atoms with Gasteiger partial charge in [-0.15, -0.1) is 0 Å². The van der Waals surface area contributed by atoms with E-state index in [9.17, 15) is 44.9 Å². The number of piperidine rings is 1. The van der Waals surface area contributed by atoms with Gasteiger partial charge in [0.1, 0.15) is 66.1 Å². The molecule has 0 saturated carbocycles. The van der Waals surface area contributed by atoms with Crippen LogP contribution in [0.15, 0.2) is 36.4 Å². The van der Waals surface area contributed by atoms with Crippen molar-refractivity contribution in [2.75, 3.05) is 59.4 Å². The summed E-state index contributed by atoms with van der Waals surface area (Å²) in [5.41, 5.74) is 6.49. The van der Waals surface area contributed by atoms with Crippen molar-refractivity contribution in [2.24, 2.45) is 0 Å². The number of halogens is 2. The minimum absolute atomic E-state index is 0.139. The summed E-state index contributed by atoms with van der Waals surface area (Å²) in [4.78, 5) is 15.1.